The molecule has 0 atom stereocenters. The molecule has 0 spiro atoms. The van der Waals surface area contributed by atoms with Gasteiger partial charge in [-0.25, -0.2) is 13.8 Å². The maximum atomic E-state index is 13.8. The standard InChI is InChI=1S/C21H19F2NS/c1-21(2,3)15-10-7-14(8-11-15)9-12-19-24-18(13-25-19)20-16(22)5-4-6-17(20)23/h4-13H,1-3H3/b12-9+. The van der Waals surface area contributed by atoms with Crippen molar-refractivity contribution in [2.45, 2.75) is 26.2 Å². The van der Waals surface area contributed by atoms with E-state index in [0.717, 1.165) is 5.56 Å². The lowest BCUT2D eigenvalue weighted by molar-refractivity contribution is 0.588. The van der Waals surface area contributed by atoms with E-state index in [1.54, 1.807) is 5.38 Å². The molecule has 0 aliphatic heterocycles. The summed E-state index contributed by atoms with van der Waals surface area (Å²) in [5.41, 5.74) is 2.70. The predicted molar refractivity (Wildman–Crippen MR) is 102 cm³/mol. The summed E-state index contributed by atoms with van der Waals surface area (Å²) in [4.78, 5) is 4.33. The Balaban J connectivity index is 1.81. The molecule has 25 heavy (non-hydrogen) atoms. The van der Waals surface area contributed by atoms with Crippen molar-refractivity contribution in [3.63, 3.8) is 0 Å². The quantitative estimate of drug-likeness (QED) is 0.519. The molecule has 1 nitrogen and oxygen atoms in total. The van der Waals surface area contributed by atoms with E-state index in [0.29, 0.717) is 10.7 Å². The van der Waals surface area contributed by atoms with Crippen LogP contribution in [0.5, 0.6) is 0 Å². The molecule has 0 aliphatic rings. The maximum Gasteiger partial charge on any atom is 0.135 e. The first kappa shape index (κ1) is 17.5. The molecule has 0 aliphatic carbocycles. The molecule has 1 aromatic heterocycles. The molecule has 0 saturated carbocycles. The summed E-state index contributed by atoms with van der Waals surface area (Å²) in [7, 11) is 0. The fourth-order valence-corrected chi connectivity index (χ4v) is 3.18. The first-order valence-electron chi connectivity index (χ1n) is 8.03. The fourth-order valence-electron chi connectivity index (χ4n) is 2.48. The molecular weight excluding hydrogens is 336 g/mol. The highest BCUT2D eigenvalue weighted by Gasteiger charge is 2.14. The molecule has 0 saturated heterocycles. The Morgan fingerprint density at radius 3 is 2.16 bits per heavy atom. The molecule has 4 heteroatoms. The molecule has 0 amide bonds. The van der Waals surface area contributed by atoms with Crippen LogP contribution in [0.4, 0.5) is 8.78 Å². The first-order chi connectivity index (χ1) is 11.8. The van der Waals surface area contributed by atoms with Crippen LogP contribution in [0, 0.1) is 11.6 Å². The summed E-state index contributed by atoms with van der Waals surface area (Å²) in [6, 6.07) is 12.2. The van der Waals surface area contributed by atoms with Gasteiger partial charge in [0, 0.05) is 5.38 Å². The summed E-state index contributed by atoms with van der Waals surface area (Å²) in [5, 5.41) is 2.38. The molecular formula is C21H19F2NS. The van der Waals surface area contributed by atoms with Gasteiger partial charge >= 0.3 is 0 Å². The summed E-state index contributed by atoms with van der Waals surface area (Å²) in [6.45, 7) is 6.53. The van der Waals surface area contributed by atoms with Crippen molar-refractivity contribution in [1.29, 1.82) is 0 Å². The Morgan fingerprint density at radius 1 is 0.920 bits per heavy atom. The van der Waals surface area contributed by atoms with Crippen LogP contribution in [-0.4, -0.2) is 4.98 Å². The second kappa shape index (κ2) is 6.89. The van der Waals surface area contributed by atoms with Gasteiger partial charge in [0.05, 0.1) is 11.3 Å². The van der Waals surface area contributed by atoms with E-state index in [1.165, 1.54) is 35.1 Å². The van der Waals surface area contributed by atoms with Crippen molar-refractivity contribution in [3.8, 4) is 11.3 Å². The van der Waals surface area contributed by atoms with Gasteiger partial charge in [0.2, 0.25) is 0 Å². The van der Waals surface area contributed by atoms with Gasteiger partial charge in [-0.2, -0.15) is 0 Å². The second-order valence-electron chi connectivity index (χ2n) is 6.87. The van der Waals surface area contributed by atoms with E-state index in [9.17, 15) is 8.78 Å². The van der Waals surface area contributed by atoms with Crippen LogP contribution >= 0.6 is 11.3 Å². The van der Waals surface area contributed by atoms with Crippen LogP contribution in [0.1, 0.15) is 36.9 Å². The zero-order chi connectivity index (χ0) is 18.0. The van der Waals surface area contributed by atoms with E-state index in [1.807, 2.05) is 12.2 Å². The SMILES string of the molecule is CC(C)(C)c1ccc(/C=C/c2nc(-c3c(F)cccc3F)cs2)cc1. The zero-order valence-electron chi connectivity index (χ0n) is 14.4. The van der Waals surface area contributed by atoms with Crippen LogP contribution < -0.4 is 0 Å². The van der Waals surface area contributed by atoms with Gasteiger partial charge in [-0.15, -0.1) is 11.3 Å². The van der Waals surface area contributed by atoms with Crippen molar-refractivity contribution >= 4 is 23.5 Å². The smallest absolute Gasteiger partial charge is 0.135 e. The van der Waals surface area contributed by atoms with Crippen molar-refractivity contribution < 1.29 is 8.78 Å². The first-order valence-corrected chi connectivity index (χ1v) is 8.91. The minimum absolute atomic E-state index is 0.0760. The molecule has 0 unspecified atom stereocenters. The average Bonchev–Trinajstić information content (AvgIpc) is 3.01. The molecule has 128 valence electrons. The number of nitrogens with zero attached hydrogens (tertiary/aromatic N) is 1. The van der Waals surface area contributed by atoms with Crippen molar-refractivity contribution in [3.05, 3.63) is 75.6 Å². The largest absolute Gasteiger partial charge is 0.236 e. The summed E-state index contributed by atoms with van der Waals surface area (Å²) in [6.07, 6.45) is 3.81. The van der Waals surface area contributed by atoms with E-state index in [-0.39, 0.29) is 11.0 Å². The van der Waals surface area contributed by atoms with Crippen molar-refractivity contribution in [2.24, 2.45) is 0 Å². The van der Waals surface area contributed by atoms with E-state index >= 15 is 0 Å². The van der Waals surface area contributed by atoms with Gasteiger partial charge in [0.1, 0.15) is 16.6 Å². The third-order valence-corrected chi connectivity index (χ3v) is 4.75. The third-order valence-electron chi connectivity index (χ3n) is 3.94. The predicted octanol–water partition coefficient (Wildman–Crippen LogP) is 6.56. The Kier molecular flexibility index (Phi) is 4.82. The van der Waals surface area contributed by atoms with Crippen LogP contribution in [0.15, 0.2) is 47.8 Å². The monoisotopic (exact) mass is 355 g/mol. The van der Waals surface area contributed by atoms with Crippen LogP contribution in [0.3, 0.4) is 0 Å². The minimum Gasteiger partial charge on any atom is -0.236 e. The number of aromatic nitrogens is 1. The highest BCUT2D eigenvalue weighted by Crippen LogP contribution is 2.28. The lowest BCUT2D eigenvalue weighted by atomic mass is 9.87. The molecule has 0 bridgehead atoms. The number of thiazole rings is 1. The number of hydrogen-bond donors (Lipinski definition) is 0. The van der Waals surface area contributed by atoms with Gasteiger partial charge in [-0.1, -0.05) is 57.2 Å². The average molecular weight is 355 g/mol. The normalized spacial score (nSPS) is 12.0. The summed E-state index contributed by atoms with van der Waals surface area (Å²) >= 11 is 1.36. The van der Waals surface area contributed by atoms with Gasteiger partial charge < -0.3 is 0 Å². The fraction of sp³-hybridized carbons (Fsp3) is 0.190. The second-order valence-corrected chi connectivity index (χ2v) is 7.76. The lowest BCUT2D eigenvalue weighted by Crippen LogP contribution is -2.10. The summed E-state index contributed by atoms with van der Waals surface area (Å²) < 4.78 is 27.7. The van der Waals surface area contributed by atoms with Gasteiger partial charge in [0.15, 0.2) is 0 Å². The van der Waals surface area contributed by atoms with E-state index in [2.05, 4.69) is 50.0 Å². The molecule has 0 N–H and O–H groups in total. The van der Waals surface area contributed by atoms with Crippen LogP contribution in [0.25, 0.3) is 23.4 Å². The number of hydrogen-bond acceptors (Lipinski definition) is 2. The van der Waals surface area contributed by atoms with Crippen molar-refractivity contribution in [2.75, 3.05) is 0 Å². The Bertz CT molecular complexity index is 882. The Labute approximate surface area is 150 Å². The van der Waals surface area contributed by atoms with E-state index in [4.69, 9.17) is 0 Å². The Morgan fingerprint density at radius 2 is 1.56 bits per heavy atom. The number of rotatable bonds is 3. The van der Waals surface area contributed by atoms with Gasteiger partial charge in [-0.05, 0) is 34.8 Å². The maximum absolute atomic E-state index is 13.8. The number of benzene rings is 2. The molecule has 2 aromatic carbocycles. The van der Waals surface area contributed by atoms with Crippen LogP contribution in [0.2, 0.25) is 0 Å². The van der Waals surface area contributed by atoms with E-state index < -0.39 is 11.6 Å². The lowest BCUT2D eigenvalue weighted by Gasteiger charge is -2.18. The van der Waals surface area contributed by atoms with Gasteiger partial charge in [0.25, 0.3) is 0 Å². The molecule has 0 radical (unpaired) electrons. The zero-order valence-corrected chi connectivity index (χ0v) is 15.2. The number of halogens is 2. The highest BCUT2D eigenvalue weighted by molar-refractivity contribution is 7.10. The van der Waals surface area contributed by atoms with Gasteiger partial charge in [-0.3, -0.25) is 0 Å². The van der Waals surface area contributed by atoms with Crippen LogP contribution in [-0.2, 0) is 5.41 Å². The Hall–Kier alpha value is -2.33. The molecule has 3 rings (SSSR count). The third kappa shape index (κ3) is 4.02. The molecule has 0 fully saturated rings. The molecule has 1 heterocycles. The van der Waals surface area contributed by atoms with Crippen molar-refractivity contribution in [1.82, 2.24) is 4.98 Å². The molecule has 3 aromatic rings. The topological polar surface area (TPSA) is 12.9 Å². The minimum atomic E-state index is -0.599. The summed E-state index contributed by atoms with van der Waals surface area (Å²) in [5.74, 6) is -1.20. The highest BCUT2D eigenvalue weighted by atomic mass is 32.1.